The number of carboxylic acids is 1. The average Bonchev–Trinajstić information content (AvgIpc) is 3.03. The van der Waals surface area contributed by atoms with E-state index < -0.39 is 40.8 Å². The fourth-order valence-corrected chi connectivity index (χ4v) is 4.00. The number of nitrogens with zero attached hydrogens (tertiary/aromatic N) is 1. The summed E-state index contributed by atoms with van der Waals surface area (Å²) >= 11 is 6.02. The molecule has 3 N–H and O–H groups in total. The number of amides is 1. The molecule has 0 aliphatic heterocycles. The Bertz CT molecular complexity index is 1290. The van der Waals surface area contributed by atoms with E-state index in [9.17, 15) is 29.0 Å². The Labute approximate surface area is 194 Å². The summed E-state index contributed by atoms with van der Waals surface area (Å²) in [5.74, 6) is -4.71. The number of rotatable bonds is 6. The third-order valence-corrected chi connectivity index (χ3v) is 6.24. The molecule has 1 amide bonds. The maximum absolute atomic E-state index is 14.3. The number of nitrogens with one attached hydrogen (secondary N) is 1. The van der Waals surface area contributed by atoms with Gasteiger partial charge in [-0.15, -0.1) is 0 Å². The minimum absolute atomic E-state index is 0.154. The van der Waals surface area contributed by atoms with Crippen LogP contribution in [0.25, 0.3) is 10.9 Å². The zero-order valence-electron chi connectivity index (χ0n) is 18.6. The molecule has 0 bridgehead atoms. The summed E-state index contributed by atoms with van der Waals surface area (Å²) in [5.41, 5.74) is -0.334. The summed E-state index contributed by atoms with van der Waals surface area (Å²) in [7, 11) is 0. The predicted octanol–water partition coefficient (Wildman–Crippen LogP) is 4.61. The number of aliphatic carboxylic acids is 1. The molecule has 3 rings (SSSR count). The number of halogens is 2. The van der Waals surface area contributed by atoms with E-state index in [1.807, 2.05) is 0 Å². The quantitative estimate of drug-likeness (QED) is 0.483. The van der Waals surface area contributed by atoms with Crippen molar-refractivity contribution in [1.82, 2.24) is 9.88 Å². The maximum Gasteiger partial charge on any atom is 0.329 e. The van der Waals surface area contributed by atoms with Crippen LogP contribution in [0.15, 0.2) is 36.4 Å². The van der Waals surface area contributed by atoms with Gasteiger partial charge in [-0.05, 0) is 57.0 Å². The fourth-order valence-electron chi connectivity index (χ4n) is 3.81. The molecule has 2 atom stereocenters. The highest BCUT2D eigenvalue weighted by Crippen LogP contribution is 2.36. The number of aromatic hydroxyl groups is 1. The summed E-state index contributed by atoms with van der Waals surface area (Å²) in [6, 6.07) is 8.45. The van der Waals surface area contributed by atoms with Gasteiger partial charge in [0, 0.05) is 27.7 Å². The SMILES string of the molecule is CCC(C)(NC(=O)C(C)c1c(C)n(C(=O)c2cccc(Cl)c2)c2cc(F)c(O)cc12)C(=O)O. The highest BCUT2D eigenvalue weighted by molar-refractivity contribution is 6.31. The Morgan fingerprint density at radius 1 is 1.24 bits per heavy atom. The molecule has 0 saturated carbocycles. The molecule has 174 valence electrons. The van der Waals surface area contributed by atoms with Crippen molar-refractivity contribution in [3.63, 3.8) is 0 Å². The predicted molar refractivity (Wildman–Crippen MR) is 122 cm³/mol. The standard InChI is InChI=1S/C24H24ClFN2O5/c1-5-24(4,23(32)33)27-21(30)12(2)20-13(3)28(18-11-17(26)19(29)10-16(18)20)22(31)14-7-6-8-15(25)9-14/h6-12,29H,5H2,1-4H3,(H,27,30)(H,32,33). The van der Waals surface area contributed by atoms with Crippen LogP contribution in [0.3, 0.4) is 0 Å². The lowest BCUT2D eigenvalue weighted by atomic mass is 9.93. The van der Waals surface area contributed by atoms with Crippen LogP contribution in [0.1, 0.15) is 54.7 Å². The lowest BCUT2D eigenvalue weighted by molar-refractivity contribution is -0.147. The number of benzene rings is 2. The van der Waals surface area contributed by atoms with Gasteiger partial charge in [0.1, 0.15) is 5.54 Å². The second-order valence-corrected chi connectivity index (χ2v) is 8.61. The third-order valence-electron chi connectivity index (χ3n) is 6.00. The van der Waals surface area contributed by atoms with Crippen LogP contribution in [0.5, 0.6) is 5.75 Å². The summed E-state index contributed by atoms with van der Waals surface area (Å²) in [6.07, 6.45) is 0.154. The molecular weight excluding hydrogens is 451 g/mol. The fraction of sp³-hybridized carbons (Fsp3) is 0.292. The molecule has 0 saturated heterocycles. The molecule has 2 aromatic carbocycles. The normalized spacial score (nSPS) is 14.0. The van der Waals surface area contributed by atoms with E-state index in [0.29, 0.717) is 21.7 Å². The number of hydrogen-bond donors (Lipinski definition) is 3. The van der Waals surface area contributed by atoms with Crippen molar-refractivity contribution in [2.24, 2.45) is 0 Å². The lowest BCUT2D eigenvalue weighted by Gasteiger charge is -2.26. The topological polar surface area (TPSA) is 109 Å². The smallest absolute Gasteiger partial charge is 0.329 e. The number of aromatic nitrogens is 1. The molecule has 0 aliphatic carbocycles. The molecule has 7 nitrogen and oxygen atoms in total. The van der Waals surface area contributed by atoms with Crippen LogP contribution < -0.4 is 5.32 Å². The first kappa shape index (κ1) is 24.3. The van der Waals surface area contributed by atoms with E-state index in [1.165, 1.54) is 17.6 Å². The summed E-state index contributed by atoms with van der Waals surface area (Å²) in [4.78, 5) is 38.0. The molecule has 0 spiro atoms. The first-order valence-corrected chi connectivity index (χ1v) is 10.7. The number of phenols is 1. The van der Waals surface area contributed by atoms with Gasteiger partial charge in [0.05, 0.1) is 11.4 Å². The number of hydrogen-bond acceptors (Lipinski definition) is 4. The molecular formula is C24H24ClFN2O5. The van der Waals surface area contributed by atoms with Gasteiger partial charge in [-0.3, -0.25) is 14.2 Å². The van der Waals surface area contributed by atoms with Crippen LogP contribution >= 0.6 is 11.6 Å². The summed E-state index contributed by atoms with van der Waals surface area (Å²) in [6.45, 7) is 6.21. The Kier molecular flexibility index (Phi) is 6.51. The Morgan fingerprint density at radius 3 is 2.48 bits per heavy atom. The summed E-state index contributed by atoms with van der Waals surface area (Å²) in [5, 5.41) is 22.7. The first-order chi connectivity index (χ1) is 15.4. The highest BCUT2D eigenvalue weighted by atomic mass is 35.5. The van der Waals surface area contributed by atoms with E-state index in [2.05, 4.69) is 5.32 Å². The average molecular weight is 475 g/mol. The van der Waals surface area contributed by atoms with E-state index in [1.54, 1.807) is 39.0 Å². The van der Waals surface area contributed by atoms with Gasteiger partial charge in [-0.25, -0.2) is 9.18 Å². The molecule has 2 unspecified atom stereocenters. The van der Waals surface area contributed by atoms with Crippen LogP contribution in [0.2, 0.25) is 5.02 Å². The number of carbonyl (C=O) groups excluding carboxylic acids is 2. The minimum Gasteiger partial charge on any atom is -0.505 e. The van der Waals surface area contributed by atoms with E-state index in [0.717, 1.165) is 12.1 Å². The second kappa shape index (κ2) is 8.86. The van der Waals surface area contributed by atoms with Crippen molar-refractivity contribution in [3.05, 3.63) is 64.1 Å². The molecule has 0 radical (unpaired) electrons. The summed E-state index contributed by atoms with van der Waals surface area (Å²) < 4.78 is 15.5. The third kappa shape index (κ3) is 4.30. The van der Waals surface area contributed by atoms with Crippen LogP contribution in [-0.2, 0) is 9.59 Å². The van der Waals surface area contributed by atoms with Crippen LogP contribution in [0, 0.1) is 12.7 Å². The monoisotopic (exact) mass is 474 g/mol. The van der Waals surface area contributed by atoms with Crippen molar-refractivity contribution >= 4 is 40.3 Å². The first-order valence-electron chi connectivity index (χ1n) is 10.3. The van der Waals surface area contributed by atoms with Gasteiger partial charge in [-0.1, -0.05) is 24.6 Å². The number of carbonyl (C=O) groups is 3. The van der Waals surface area contributed by atoms with Gasteiger partial charge < -0.3 is 15.5 Å². The van der Waals surface area contributed by atoms with Crippen molar-refractivity contribution < 1.29 is 29.0 Å². The van der Waals surface area contributed by atoms with Crippen LogP contribution in [-0.4, -0.2) is 38.1 Å². The zero-order chi connectivity index (χ0) is 24.7. The Morgan fingerprint density at radius 2 is 1.91 bits per heavy atom. The largest absolute Gasteiger partial charge is 0.505 e. The molecule has 1 heterocycles. The van der Waals surface area contributed by atoms with Gasteiger partial charge in [0.25, 0.3) is 5.91 Å². The van der Waals surface area contributed by atoms with Gasteiger partial charge >= 0.3 is 5.97 Å². The number of carboxylic acid groups (broad SMARTS) is 1. The van der Waals surface area contributed by atoms with Gasteiger partial charge in [0.2, 0.25) is 5.91 Å². The van der Waals surface area contributed by atoms with E-state index in [4.69, 9.17) is 11.6 Å². The van der Waals surface area contributed by atoms with E-state index >= 15 is 0 Å². The number of phenolic OH excluding ortho intramolecular Hbond substituents is 1. The lowest BCUT2D eigenvalue weighted by Crippen LogP contribution is -2.52. The molecule has 1 aromatic heterocycles. The molecule has 33 heavy (non-hydrogen) atoms. The maximum atomic E-state index is 14.3. The Balaban J connectivity index is 2.19. The van der Waals surface area contributed by atoms with Gasteiger partial charge in [0.15, 0.2) is 11.6 Å². The van der Waals surface area contributed by atoms with E-state index in [-0.39, 0.29) is 17.5 Å². The Hall–Kier alpha value is -3.39. The molecule has 0 aliphatic rings. The molecule has 0 fully saturated rings. The minimum atomic E-state index is -1.48. The zero-order valence-corrected chi connectivity index (χ0v) is 19.3. The van der Waals surface area contributed by atoms with Crippen LogP contribution in [0.4, 0.5) is 4.39 Å². The van der Waals surface area contributed by atoms with Gasteiger partial charge in [-0.2, -0.15) is 0 Å². The number of fused-ring (bicyclic) bond motifs is 1. The second-order valence-electron chi connectivity index (χ2n) is 8.17. The van der Waals surface area contributed by atoms with Crippen molar-refractivity contribution in [3.8, 4) is 5.75 Å². The molecule has 9 heteroatoms. The molecule has 3 aromatic rings. The van der Waals surface area contributed by atoms with Crippen molar-refractivity contribution in [2.45, 2.75) is 45.6 Å². The van der Waals surface area contributed by atoms with Crippen molar-refractivity contribution in [2.75, 3.05) is 0 Å². The van der Waals surface area contributed by atoms with Crippen molar-refractivity contribution in [1.29, 1.82) is 0 Å². The highest BCUT2D eigenvalue weighted by Gasteiger charge is 2.36.